The summed E-state index contributed by atoms with van der Waals surface area (Å²) < 4.78 is 6.19. The van der Waals surface area contributed by atoms with Crippen molar-refractivity contribution >= 4 is 17.8 Å². The van der Waals surface area contributed by atoms with E-state index >= 15 is 0 Å². The summed E-state index contributed by atoms with van der Waals surface area (Å²) in [5.74, 6) is 2.42. The quantitative estimate of drug-likeness (QED) is 0.195. The maximum Gasteiger partial charge on any atom is 0.309 e. The van der Waals surface area contributed by atoms with Gasteiger partial charge in [0.25, 0.3) is 0 Å². The number of carbonyl (C=O) groups is 3. The largest absolute Gasteiger partial charge is 0.481 e. The molecule has 282 valence electrons. The zero-order chi connectivity index (χ0) is 36.7. The molecule has 0 radical (unpaired) electrons. The Hall–Kier alpha value is -1.85. The average Bonchev–Trinajstić information content (AvgIpc) is 3.39. The van der Waals surface area contributed by atoms with Crippen molar-refractivity contribution in [3.8, 4) is 0 Å². The molecule has 6 nitrogen and oxygen atoms in total. The van der Waals surface area contributed by atoms with E-state index in [-0.39, 0.29) is 45.6 Å². The normalized spacial score (nSPS) is 45.2. The Morgan fingerprint density at radius 2 is 1.50 bits per heavy atom. The minimum atomic E-state index is -1.14. The van der Waals surface area contributed by atoms with Crippen LogP contribution >= 0.6 is 0 Å². The smallest absolute Gasteiger partial charge is 0.309 e. The molecule has 6 fully saturated rings. The molecule has 0 unspecified atom stereocenters. The van der Waals surface area contributed by atoms with E-state index in [2.05, 4.69) is 60.4 Å². The summed E-state index contributed by atoms with van der Waals surface area (Å²) in [5, 5.41) is 13.1. The second-order valence-electron chi connectivity index (χ2n) is 21.0. The topological polar surface area (TPSA) is 92.7 Å². The van der Waals surface area contributed by atoms with Gasteiger partial charge in [-0.2, -0.15) is 0 Å². The lowest BCUT2D eigenvalue weighted by Gasteiger charge is -2.73. The molecule has 0 aromatic rings. The van der Waals surface area contributed by atoms with Crippen molar-refractivity contribution in [1.82, 2.24) is 5.32 Å². The van der Waals surface area contributed by atoms with Crippen LogP contribution in [0.3, 0.4) is 0 Å². The van der Waals surface area contributed by atoms with Crippen LogP contribution in [-0.4, -0.2) is 35.1 Å². The molecule has 50 heavy (non-hydrogen) atoms. The Kier molecular flexibility index (Phi) is 9.79. The van der Waals surface area contributed by atoms with Gasteiger partial charge in [-0.1, -0.05) is 53.7 Å². The highest BCUT2D eigenvalue weighted by atomic mass is 16.5. The predicted octanol–water partition coefficient (Wildman–Crippen LogP) is 10.1. The number of hydrogen-bond donors (Lipinski definition) is 2. The number of aliphatic carboxylic acids is 1. The van der Waals surface area contributed by atoms with Crippen molar-refractivity contribution in [2.75, 3.05) is 0 Å². The molecule has 0 heterocycles. The molecule has 0 bridgehead atoms. The van der Waals surface area contributed by atoms with Crippen molar-refractivity contribution in [3.63, 3.8) is 0 Å². The molecule has 0 aromatic heterocycles. The second-order valence-corrected chi connectivity index (χ2v) is 21.0. The van der Waals surface area contributed by atoms with E-state index in [4.69, 9.17) is 4.74 Å². The lowest BCUT2D eigenvalue weighted by atomic mass is 9.32. The zero-order valence-corrected chi connectivity index (χ0v) is 33.2. The number of esters is 1. The van der Waals surface area contributed by atoms with Gasteiger partial charge >= 0.3 is 11.9 Å². The Balaban J connectivity index is 1.22. The number of fused-ring (bicyclic) bond motifs is 7. The fraction of sp³-hybridized carbons (Fsp3) is 0.886. The van der Waals surface area contributed by atoms with Crippen LogP contribution in [0.4, 0.5) is 0 Å². The monoisotopic (exact) mass is 694 g/mol. The summed E-state index contributed by atoms with van der Waals surface area (Å²) >= 11 is 0. The van der Waals surface area contributed by atoms with E-state index in [1.54, 1.807) is 13.8 Å². The van der Waals surface area contributed by atoms with E-state index in [9.17, 15) is 19.5 Å². The summed E-state index contributed by atoms with van der Waals surface area (Å²) in [6, 6.07) is 0.352. The fourth-order valence-electron chi connectivity index (χ4n) is 14.4. The Labute approximate surface area is 304 Å². The van der Waals surface area contributed by atoms with Crippen molar-refractivity contribution in [1.29, 1.82) is 0 Å². The number of carboxylic acid groups (broad SMARTS) is 1. The van der Waals surface area contributed by atoms with Gasteiger partial charge < -0.3 is 15.2 Å². The highest BCUT2D eigenvalue weighted by Crippen LogP contribution is 2.78. The standard InChI is InChI=1S/C44H71NO5/c1-27(2)30-17-22-44(25-35(46)45-29-13-11-28(3)12-14-29)24-23-42(9)31(37(30)44)15-16-33-41(8)20-19-34(50-36(47)26-39(4,5)38(48)49)40(6,7)32(41)18-21-43(33,42)10/h28-34,37H,1,11-26H2,2-10H3,(H,45,46)(H,48,49)/t28?,29?,30-,31+,32-,33+,34-,37+,41-,42+,43+,44+/m0/s1. The highest BCUT2D eigenvalue weighted by molar-refractivity contribution is 5.81. The summed E-state index contributed by atoms with van der Waals surface area (Å²) in [6.45, 7) is 24.9. The minimum Gasteiger partial charge on any atom is -0.481 e. The van der Waals surface area contributed by atoms with Gasteiger partial charge in [0.1, 0.15) is 6.10 Å². The van der Waals surface area contributed by atoms with Crippen LogP contribution in [0.1, 0.15) is 165 Å². The maximum atomic E-state index is 13.9. The minimum absolute atomic E-state index is 0.0866. The molecule has 0 saturated heterocycles. The van der Waals surface area contributed by atoms with E-state index < -0.39 is 11.4 Å². The number of allylic oxidation sites excluding steroid dienone is 1. The van der Waals surface area contributed by atoms with Crippen LogP contribution in [0.15, 0.2) is 12.2 Å². The van der Waals surface area contributed by atoms with Gasteiger partial charge in [-0.05, 0) is 168 Å². The Morgan fingerprint density at radius 3 is 2.14 bits per heavy atom. The van der Waals surface area contributed by atoms with Crippen LogP contribution < -0.4 is 5.32 Å². The second kappa shape index (κ2) is 12.9. The third kappa shape index (κ3) is 6.01. The van der Waals surface area contributed by atoms with Crippen molar-refractivity contribution in [2.45, 2.75) is 177 Å². The average molecular weight is 694 g/mol. The first kappa shape index (κ1) is 37.9. The number of hydrogen-bond acceptors (Lipinski definition) is 4. The molecule has 6 aliphatic carbocycles. The van der Waals surface area contributed by atoms with Gasteiger partial charge in [0.05, 0.1) is 11.8 Å². The first-order valence-corrected chi connectivity index (χ1v) is 20.6. The molecule has 10 atom stereocenters. The third-order valence-electron chi connectivity index (χ3n) is 17.5. The molecule has 6 saturated carbocycles. The summed E-state index contributed by atoms with van der Waals surface area (Å²) in [4.78, 5) is 38.7. The van der Waals surface area contributed by atoms with Crippen LogP contribution in [-0.2, 0) is 19.1 Å². The van der Waals surface area contributed by atoms with Crippen LogP contribution in [0, 0.1) is 68.0 Å². The number of rotatable bonds is 8. The number of amides is 1. The van der Waals surface area contributed by atoms with E-state index in [1.807, 2.05) is 0 Å². The molecular weight excluding hydrogens is 622 g/mol. The molecule has 6 aliphatic rings. The number of carboxylic acids is 1. The molecule has 0 aliphatic heterocycles. The number of nitrogens with one attached hydrogen (secondary N) is 1. The molecule has 0 spiro atoms. The van der Waals surface area contributed by atoms with E-state index in [0.29, 0.717) is 48.0 Å². The van der Waals surface area contributed by atoms with Gasteiger partial charge in [-0.15, -0.1) is 0 Å². The van der Waals surface area contributed by atoms with Gasteiger partial charge in [-0.25, -0.2) is 0 Å². The predicted molar refractivity (Wildman–Crippen MR) is 199 cm³/mol. The Bertz CT molecular complexity index is 1360. The van der Waals surface area contributed by atoms with Gasteiger partial charge in [0.15, 0.2) is 0 Å². The van der Waals surface area contributed by atoms with Crippen molar-refractivity contribution < 1.29 is 24.2 Å². The van der Waals surface area contributed by atoms with E-state index in [1.165, 1.54) is 50.5 Å². The number of carbonyl (C=O) groups excluding carboxylic acids is 2. The van der Waals surface area contributed by atoms with Crippen LogP contribution in [0.5, 0.6) is 0 Å². The lowest BCUT2D eigenvalue weighted by molar-refractivity contribution is -0.250. The van der Waals surface area contributed by atoms with Gasteiger partial charge in [0.2, 0.25) is 5.91 Å². The maximum absolute atomic E-state index is 13.9. The van der Waals surface area contributed by atoms with Gasteiger partial charge in [0, 0.05) is 17.9 Å². The highest BCUT2D eigenvalue weighted by Gasteiger charge is 2.71. The van der Waals surface area contributed by atoms with Crippen molar-refractivity contribution in [2.24, 2.45) is 68.0 Å². The molecule has 6 rings (SSSR count). The lowest BCUT2D eigenvalue weighted by Crippen LogP contribution is -2.67. The SMILES string of the molecule is C=C(C)[C@@H]1CC[C@]2(CC(=O)NC3CCC(C)CC3)CC[C@]3(C)[C@H](CC[C@@H]4[C@@]5(C)CC[C@H](OC(=O)CC(C)(C)C(=O)O)C(C)(C)[C@@H]5CC[C@]43C)[C@@H]12. The van der Waals surface area contributed by atoms with E-state index in [0.717, 1.165) is 50.9 Å². The molecule has 1 amide bonds. The first-order chi connectivity index (χ1) is 23.2. The summed E-state index contributed by atoms with van der Waals surface area (Å²) in [6.07, 6.45) is 16.5. The molecule has 0 aromatic carbocycles. The molecular formula is C44H71NO5. The Morgan fingerprint density at radius 1 is 0.820 bits per heavy atom. The zero-order valence-electron chi connectivity index (χ0n) is 33.2. The molecule has 2 N–H and O–H groups in total. The molecule has 6 heteroatoms. The number of ether oxygens (including phenoxy) is 1. The van der Waals surface area contributed by atoms with Gasteiger partial charge in [-0.3, -0.25) is 14.4 Å². The summed E-state index contributed by atoms with van der Waals surface area (Å²) in [5.41, 5.74) is 0.670. The fourth-order valence-corrected chi connectivity index (χ4v) is 14.4. The third-order valence-corrected chi connectivity index (χ3v) is 17.5. The van der Waals surface area contributed by atoms with Crippen LogP contribution in [0.25, 0.3) is 0 Å². The first-order valence-electron chi connectivity index (χ1n) is 20.6. The van der Waals surface area contributed by atoms with Crippen molar-refractivity contribution in [3.05, 3.63) is 12.2 Å². The summed E-state index contributed by atoms with van der Waals surface area (Å²) in [7, 11) is 0. The van der Waals surface area contributed by atoms with Crippen LogP contribution in [0.2, 0.25) is 0 Å².